The van der Waals surface area contributed by atoms with E-state index in [1.807, 2.05) is 47.9 Å². The number of rotatable bonds is 8. The van der Waals surface area contributed by atoms with Gasteiger partial charge in [-0.15, -0.1) is 10.2 Å². The largest absolute Gasteiger partial charge is 0.545 e. The first-order valence-corrected chi connectivity index (χ1v) is 13.0. The average molecular weight is 527 g/mol. The third kappa shape index (κ3) is 6.54. The molecule has 0 saturated heterocycles. The summed E-state index contributed by atoms with van der Waals surface area (Å²) in [6, 6.07) is 22.4. The maximum Gasteiger partial charge on any atom is 0.250 e. The van der Waals surface area contributed by atoms with Crippen LogP contribution < -0.4 is 10.5 Å². The fraction of sp³-hybridized carbons (Fsp3) is 0.207. The number of thioether (sulfide) groups is 1. The zero-order valence-electron chi connectivity index (χ0n) is 21.6. The Hall–Kier alpha value is -4.24. The standard InChI is InChI=1S/C29H29N5O3S/c1-19-5-15-24(16-6-19)34-26(21-11-13-23(14-12-21)29(2,3)4)32-33-28(34)38-18-25(35)31-30-17-20-7-9-22(10-8-20)27(36)37/h5-17H,18H2,1-4H3,(H,31,35)(H,36,37)/p-1. The van der Waals surface area contributed by atoms with Crippen LogP contribution in [0.25, 0.3) is 17.1 Å². The number of amides is 1. The average Bonchev–Trinajstić information content (AvgIpc) is 3.32. The van der Waals surface area contributed by atoms with Gasteiger partial charge in [-0.25, -0.2) is 5.43 Å². The molecule has 0 aliphatic rings. The van der Waals surface area contributed by atoms with Gasteiger partial charge in [0.05, 0.1) is 17.9 Å². The van der Waals surface area contributed by atoms with Gasteiger partial charge in [-0.2, -0.15) is 5.10 Å². The molecule has 38 heavy (non-hydrogen) atoms. The summed E-state index contributed by atoms with van der Waals surface area (Å²) in [5, 5.41) is 24.2. The quantitative estimate of drug-likeness (QED) is 0.210. The summed E-state index contributed by atoms with van der Waals surface area (Å²) >= 11 is 1.26. The monoisotopic (exact) mass is 526 g/mol. The fourth-order valence-corrected chi connectivity index (χ4v) is 4.39. The number of carboxylic acids is 1. The lowest BCUT2D eigenvalue weighted by Gasteiger charge is -2.19. The lowest BCUT2D eigenvalue weighted by molar-refractivity contribution is -0.255. The summed E-state index contributed by atoms with van der Waals surface area (Å²) in [7, 11) is 0. The Kier molecular flexibility index (Phi) is 8.07. The lowest BCUT2D eigenvalue weighted by atomic mass is 9.87. The minimum atomic E-state index is -1.25. The first-order chi connectivity index (χ1) is 18.1. The van der Waals surface area contributed by atoms with Crippen molar-refractivity contribution in [2.45, 2.75) is 38.3 Å². The molecule has 0 unspecified atom stereocenters. The van der Waals surface area contributed by atoms with Crippen LogP contribution in [0.3, 0.4) is 0 Å². The van der Waals surface area contributed by atoms with Crippen LogP contribution in [0.2, 0.25) is 0 Å². The van der Waals surface area contributed by atoms with E-state index in [1.165, 1.54) is 35.7 Å². The summed E-state index contributed by atoms with van der Waals surface area (Å²) in [5.41, 5.74) is 7.44. The van der Waals surface area contributed by atoms with E-state index in [-0.39, 0.29) is 22.6 Å². The van der Waals surface area contributed by atoms with Crippen molar-refractivity contribution in [3.05, 3.63) is 95.1 Å². The molecule has 1 amide bonds. The second-order valence-corrected chi connectivity index (χ2v) is 10.7. The first-order valence-electron chi connectivity index (χ1n) is 12.0. The number of hydrazone groups is 1. The lowest BCUT2D eigenvalue weighted by Crippen LogP contribution is -2.22. The number of aryl methyl sites for hydroxylation is 1. The summed E-state index contributed by atoms with van der Waals surface area (Å²) in [6.07, 6.45) is 1.44. The highest BCUT2D eigenvalue weighted by molar-refractivity contribution is 7.99. The predicted octanol–water partition coefficient (Wildman–Crippen LogP) is 4.15. The molecule has 1 heterocycles. The Balaban J connectivity index is 1.50. The molecule has 9 heteroatoms. The van der Waals surface area contributed by atoms with E-state index < -0.39 is 5.97 Å². The van der Waals surface area contributed by atoms with E-state index in [9.17, 15) is 14.7 Å². The number of nitrogens with zero attached hydrogens (tertiary/aromatic N) is 4. The zero-order valence-corrected chi connectivity index (χ0v) is 22.5. The molecule has 0 aliphatic heterocycles. The number of carbonyl (C=O) groups excluding carboxylic acids is 2. The molecule has 0 atom stereocenters. The number of benzene rings is 3. The number of hydrogen-bond donors (Lipinski definition) is 1. The minimum absolute atomic E-state index is 0.0411. The highest BCUT2D eigenvalue weighted by Gasteiger charge is 2.19. The molecule has 3 aromatic carbocycles. The van der Waals surface area contributed by atoms with E-state index in [4.69, 9.17) is 0 Å². The number of aromatic carboxylic acids is 1. The van der Waals surface area contributed by atoms with Crippen molar-refractivity contribution in [3.63, 3.8) is 0 Å². The number of carbonyl (C=O) groups is 2. The second kappa shape index (κ2) is 11.4. The van der Waals surface area contributed by atoms with E-state index >= 15 is 0 Å². The van der Waals surface area contributed by atoms with E-state index in [2.05, 4.69) is 53.6 Å². The zero-order chi connectivity index (χ0) is 27.3. The molecule has 194 valence electrons. The van der Waals surface area contributed by atoms with Gasteiger partial charge in [0.1, 0.15) is 0 Å². The summed E-state index contributed by atoms with van der Waals surface area (Å²) in [5.74, 6) is -0.793. The van der Waals surface area contributed by atoms with Gasteiger partial charge in [0, 0.05) is 11.3 Å². The number of hydrogen-bond acceptors (Lipinski definition) is 7. The molecule has 0 fully saturated rings. The van der Waals surface area contributed by atoms with Gasteiger partial charge in [-0.1, -0.05) is 98.8 Å². The van der Waals surface area contributed by atoms with Crippen molar-refractivity contribution >= 4 is 29.9 Å². The third-order valence-electron chi connectivity index (χ3n) is 5.82. The number of nitrogens with one attached hydrogen (secondary N) is 1. The molecule has 4 aromatic rings. The molecule has 0 bridgehead atoms. The van der Waals surface area contributed by atoms with Crippen molar-refractivity contribution in [2.24, 2.45) is 5.10 Å². The van der Waals surface area contributed by atoms with E-state index in [0.717, 1.165) is 16.8 Å². The van der Waals surface area contributed by atoms with Crippen molar-refractivity contribution < 1.29 is 14.7 Å². The highest BCUT2D eigenvalue weighted by Crippen LogP contribution is 2.30. The number of aromatic nitrogens is 3. The molecule has 0 radical (unpaired) electrons. The van der Waals surface area contributed by atoms with Gasteiger partial charge in [-0.05, 0) is 41.2 Å². The second-order valence-electron chi connectivity index (χ2n) is 9.80. The van der Waals surface area contributed by atoms with E-state index in [1.54, 1.807) is 12.1 Å². The minimum Gasteiger partial charge on any atom is -0.545 e. The van der Waals surface area contributed by atoms with Crippen LogP contribution >= 0.6 is 11.8 Å². The SMILES string of the molecule is Cc1ccc(-n2c(SCC(=O)NN=Cc3ccc(C(=O)[O-])cc3)nnc2-c2ccc(C(C)(C)C)cc2)cc1. The fourth-order valence-electron chi connectivity index (χ4n) is 3.64. The first kappa shape index (κ1) is 26.8. The van der Waals surface area contributed by atoms with Gasteiger partial charge >= 0.3 is 0 Å². The molecule has 0 aliphatic carbocycles. The predicted molar refractivity (Wildman–Crippen MR) is 147 cm³/mol. The Bertz CT molecular complexity index is 1450. The molecular weight excluding hydrogens is 498 g/mol. The van der Waals surface area contributed by atoms with Crippen LogP contribution in [0.15, 0.2) is 83.1 Å². The molecular formula is C29H28N5O3S-. The smallest absolute Gasteiger partial charge is 0.250 e. The summed E-state index contributed by atoms with van der Waals surface area (Å²) in [6.45, 7) is 8.55. The highest BCUT2D eigenvalue weighted by atomic mass is 32.2. The molecule has 0 spiro atoms. The normalized spacial score (nSPS) is 11.6. The Labute approximate surface area is 225 Å². The molecule has 1 aromatic heterocycles. The van der Waals surface area contributed by atoms with Gasteiger partial charge < -0.3 is 9.90 Å². The van der Waals surface area contributed by atoms with Crippen molar-refractivity contribution in [3.8, 4) is 17.1 Å². The van der Waals surface area contributed by atoms with Gasteiger partial charge in [0.25, 0.3) is 5.91 Å². The summed E-state index contributed by atoms with van der Waals surface area (Å²) in [4.78, 5) is 23.3. The van der Waals surface area contributed by atoms with Crippen molar-refractivity contribution in [2.75, 3.05) is 5.75 Å². The third-order valence-corrected chi connectivity index (χ3v) is 6.75. The molecule has 0 saturated carbocycles. The maximum atomic E-state index is 12.5. The Morgan fingerprint density at radius 2 is 1.63 bits per heavy atom. The Morgan fingerprint density at radius 3 is 2.24 bits per heavy atom. The molecule has 4 rings (SSSR count). The topological polar surface area (TPSA) is 112 Å². The molecule has 1 N–H and O–H groups in total. The van der Waals surface area contributed by atoms with Gasteiger partial charge in [-0.3, -0.25) is 9.36 Å². The maximum absolute atomic E-state index is 12.5. The van der Waals surface area contributed by atoms with Gasteiger partial charge in [0.2, 0.25) is 0 Å². The van der Waals surface area contributed by atoms with Crippen LogP contribution in [-0.2, 0) is 10.2 Å². The number of carboxylic acid groups (broad SMARTS) is 1. The van der Waals surface area contributed by atoms with Crippen LogP contribution in [0.5, 0.6) is 0 Å². The van der Waals surface area contributed by atoms with Crippen molar-refractivity contribution in [1.29, 1.82) is 0 Å². The Morgan fingerprint density at radius 1 is 0.974 bits per heavy atom. The van der Waals surface area contributed by atoms with E-state index in [0.29, 0.717) is 16.5 Å². The van der Waals surface area contributed by atoms with Crippen LogP contribution in [0, 0.1) is 6.92 Å². The summed E-state index contributed by atoms with van der Waals surface area (Å²) < 4.78 is 1.95. The molecule has 8 nitrogen and oxygen atoms in total. The van der Waals surface area contributed by atoms with Crippen LogP contribution in [-0.4, -0.2) is 38.6 Å². The van der Waals surface area contributed by atoms with Crippen LogP contribution in [0.4, 0.5) is 0 Å². The van der Waals surface area contributed by atoms with Gasteiger partial charge in [0.15, 0.2) is 11.0 Å². The van der Waals surface area contributed by atoms with Crippen LogP contribution in [0.1, 0.15) is 47.8 Å². The van der Waals surface area contributed by atoms with Crippen molar-refractivity contribution in [1.82, 2.24) is 20.2 Å².